The van der Waals surface area contributed by atoms with Gasteiger partial charge in [-0.15, -0.1) is 0 Å². The van der Waals surface area contributed by atoms with Crippen LogP contribution in [0.4, 0.5) is 5.82 Å². The summed E-state index contributed by atoms with van der Waals surface area (Å²) in [6, 6.07) is 14.1. The van der Waals surface area contributed by atoms with Gasteiger partial charge in [0, 0.05) is 24.3 Å². The lowest BCUT2D eigenvalue weighted by molar-refractivity contribution is -0.152. The quantitative estimate of drug-likeness (QED) is 0.636. The van der Waals surface area contributed by atoms with Gasteiger partial charge in [0.15, 0.2) is 0 Å². The second-order valence-corrected chi connectivity index (χ2v) is 10.3. The molecule has 7 heteroatoms. The maximum Gasteiger partial charge on any atom is 0.243 e. The van der Waals surface area contributed by atoms with Gasteiger partial charge in [-0.05, 0) is 36.0 Å². The maximum absolute atomic E-state index is 13.0. The fraction of sp³-hybridized carbons (Fsp3) is 0.407. The van der Waals surface area contributed by atoms with Crippen LogP contribution in [-0.2, 0) is 35.6 Å². The Bertz CT molecular complexity index is 1190. The van der Waals surface area contributed by atoms with Crippen LogP contribution in [0.2, 0.25) is 0 Å². The number of hydrogen-bond donors (Lipinski definition) is 0. The van der Waals surface area contributed by atoms with E-state index in [1.165, 1.54) is 4.90 Å². The molecule has 2 aromatic rings. The highest BCUT2D eigenvalue weighted by Crippen LogP contribution is 2.33. The van der Waals surface area contributed by atoms with Crippen LogP contribution in [0.5, 0.6) is 0 Å². The SMILES string of the molecule is CC1=CCc2cc(CN3C(=O)CN(Cc4ccccc4)CC3=O)n(CC(C)(C)C)c2N=C1C#N. The molecule has 7 nitrogen and oxygen atoms in total. The highest BCUT2D eigenvalue weighted by Gasteiger charge is 2.33. The van der Waals surface area contributed by atoms with E-state index in [1.807, 2.05) is 54.3 Å². The van der Waals surface area contributed by atoms with E-state index in [4.69, 9.17) is 0 Å². The monoisotopic (exact) mass is 457 g/mol. The summed E-state index contributed by atoms with van der Waals surface area (Å²) in [5, 5.41) is 9.57. The zero-order chi connectivity index (χ0) is 24.5. The number of allylic oxidation sites excluding steroid dienone is 2. The van der Waals surface area contributed by atoms with Gasteiger partial charge >= 0.3 is 0 Å². The van der Waals surface area contributed by atoms with Gasteiger partial charge in [-0.3, -0.25) is 19.4 Å². The van der Waals surface area contributed by atoms with Crippen LogP contribution in [0.1, 0.15) is 44.5 Å². The first-order valence-electron chi connectivity index (χ1n) is 11.6. The Hall–Kier alpha value is -3.50. The Labute approximate surface area is 201 Å². The molecule has 34 heavy (non-hydrogen) atoms. The van der Waals surface area contributed by atoms with Crippen LogP contribution < -0.4 is 0 Å². The second-order valence-electron chi connectivity index (χ2n) is 10.3. The van der Waals surface area contributed by atoms with Crippen LogP contribution in [0.15, 0.2) is 53.0 Å². The van der Waals surface area contributed by atoms with Crippen molar-refractivity contribution in [3.8, 4) is 6.07 Å². The zero-order valence-electron chi connectivity index (χ0n) is 20.3. The van der Waals surface area contributed by atoms with Crippen LogP contribution in [0.3, 0.4) is 0 Å². The molecule has 0 saturated carbocycles. The highest BCUT2D eigenvalue weighted by atomic mass is 16.2. The number of hydrogen-bond acceptors (Lipinski definition) is 5. The Morgan fingerprint density at radius 2 is 1.74 bits per heavy atom. The van der Waals surface area contributed by atoms with Gasteiger partial charge in [0.2, 0.25) is 11.8 Å². The number of rotatable bonds is 5. The minimum absolute atomic E-state index is 0.0545. The zero-order valence-corrected chi connectivity index (χ0v) is 20.3. The predicted octanol–water partition coefficient (Wildman–Crippen LogP) is 4.00. The van der Waals surface area contributed by atoms with E-state index in [2.05, 4.69) is 36.4 Å². The summed E-state index contributed by atoms with van der Waals surface area (Å²) in [5.74, 6) is 0.364. The minimum Gasteiger partial charge on any atom is -0.327 e. The normalized spacial score (nSPS) is 17.1. The molecule has 2 amide bonds. The van der Waals surface area contributed by atoms with Crippen molar-refractivity contribution in [1.29, 1.82) is 5.26 Å². The number of benzene rings is 1. The molecule has 3 heterocycles. The Morgan fingerprint density at radius 3 is 2.35 bits per heavy atom. The molecule has 1 saturated heterocycles. The maximum atomic E-state index is 13.0. The van der Waals surface area contributed by atoms with Gasteiger partial charge in [0.1, 0.15) is 17.6 Å². The lowest BCUT2D eigenvalue weighted by atomic mass is 9.97. The summed E-state index contributed by atoms with van der Waals surface area (Å²) < 4.78 is 2.08. The molecule has 4 rings (SSSR count). The summed E-state index contributed by atoms with van der Waals surface area (Å²) in [6.07, 6.45) is 2.67. The van der Waals surface area contributed by atoms with E-state index in [9.17, 15) is 14.9 Å². The fourth-order valence-corrected chi connectivity index (χ4v) is 4.42. The van der Waals surface area contributed by atoms with E-state index in [0.29, 0.717) is 25.2 Å². The molecule has 0 radical (unpaired) electrons. The first-order valence-corrected chi connectivity index (χ1v) is 11.6. The smallest absolute Gasteiger partial charge is 0.243 e. The number of fused-ring (bicyclic) bond motifs is 1. The second kappa shape index (κ2) is 9.40. The molecular formula is C27H31N5O2. The van der Waals surface area contributed by atoms with Crippen molar-refractivity contribution >= 4 is 23.3 Å². The van der Waals surface area contributed by atoms with Crippen molar-refractivity contribution in [1.82, 2.24) is 14.4 Å². The van der Waals surface area contributed by atoms with Crippen LogP contribution in [0.25, 0.3) is 0 Å². The standard InChI is InChI=1S/C27H31N5O2/c1-19-10-11-21-12-22(32(18-27(2,3)4)26(21)29-23(19)13-28)15-31-24(33)16-30(17-25(31)34)14-20-8-6-5-7-9-20/h5-10,12H,11,14-18H2,1-4H3. The lowest BCUT2D eigenvalue weighted by Crippen LogP contribution is -2.53. The number of nitriles is 1. The van der Waals surface area contributed by atoms with Crippen molar-refractivity contribution < 1.29 is 9.59 Å². The molecular weight excluding hydrogens is 426 g/mol. The predicted molar refractivity (Wildman–Crippen MR) is 131 cm³/mol. The summed E-state index contributed by atoms with van der Waals surface area (Å²) in [5.41, 5.74) is 4.16. The molecule has 0 spiro atoms. The number of carbonyl (C=O) groups is 2. The number of carbonyl (C=O) groups excluding carboxylic acids is 2. The minimum atomic E-state index is -0.192. The van der Waals surface area contributed by atoms with Gasteiger partial charge in [-0.25, -0.2) is 4.99 Å². The molecule has 0 aliphatic carbocycles. The average Bonchev–Trinajstić information content (AvgIpc) is 2.98. The first kappa shape index (κ1) is 23.7. The van der Waals surface area contributed by atoms with Crippen molar-refractivity contribution in [2.75, 3.05) is 13.1 Å². The molecule has 0 atom stereocenters. The Balaban J connectivity index is 1.60. The molecule has 1 aromatic carbocycles. The molecule has 0 N–H and O–H groups in total. The van der Waals surface area contributed by atoms with Crippen molar-refractivity contribution in [2.24, 2.45) is 10.4 Å². The molecule has 176 valence electrons. The van der Waals surface area contributed by atoms with Gasteiger partial charge < -0.3 is 4.57 Å². The number of amides is 2. The molecule has 1 fully saturated rings. The largest absolute Gasteiger partial charge is 0.327 e. The Morgan fingerprint density at radius 1 is 1.06 bits per heavy atom. The molecule has 2 aliphatic heterocycles. The van der Waals surface area contributed by atoms with E-state index in [0.717, 1.165) is 28.2 Å². The van der Waals surface area contributed by atoms with E-state index < -0.39 is 0 Å². The van der Waals surface area contributed by atoms with Crippen LogP contribution in [-0.4, -0.2) is 45.0 Å². The third-order valence-corrected chi connectivity index (χ3v) is 6.08. The molecule has 2 aliphatic rings. The first-order chi connectivity index (χ1) is 16.1. The van der Waals surface area contributed by atoms with Gasteiger partial charge in [-0.2, -0.15) is 5.26 Å². The number of piperazine rings is 1. The van der Waals surface area contributed by atoms with Gasteiger partial charge in [0.25, 0.3) is 0 Å². The summed E-state index contributed by atoms with van der Waals surface area (Å²) in [7, 11) is 0. The number of imide groups is 1. The van der Waals surface area contributed by atoms with Gasteiger partial charge in [-0.1, -0.05) is 57.2 Å². The van der Waals surface area contributed by atoms with Gasteiger partial charge in [0.05, 0.1) is 19.6 Å². The van der Waals surface area contributed by atoms with Crippen LogP contribution in [0, 0.1) is 16.7 Å². The Kier molecular flexibility index (Phi) is 6.54. The van der Waals surface area contributed by atoms with E-state index >= 15 is 0 Å². The number of nitrogens with zero attached hydrogens (tertiary/aromatic N) is 5. The average molecular weight is 458 g/mol. The number of aliphatic imine (C=N–C) groups is 1. The third-order valence-electron chi connectivity index (χ3n) is 6.08. The highest BCUT2D eigenvalue weighted by molar-refractivity contribution is 6.12. The topological polar surface area (TPSA) is 81.7 Å². The lowest BCUT2D eigenvalue weighted by Gasteiger charge is -2.33. The van der Waals surface area contributed by atoms with E-state index in [1.54, 1.807) is 0 Å². The van der Waals surface area contributed by atoms with Crippen molar-refractivity contribution in [3.63, 3.8) is 0 Å². The third kappa shape index (κ3) is 5.18. The van der Waals surface area contributed by atoms with Crippen molar-refractivity contribution in [3.05, 3.63) is 64.9 Å². The summed E-state index contributed by atoms with van der Waals surface area (Å²) >= 11 is 0. The summed E-state index contributed by atoms with van der Waals surface area (Å²) in [4.78, 5) is 34.0. The van der Waals surface area contributed by atoms with E-state index in [-0.39, 0.29) is 36.9 Å². The van der Waals surface area contributed by atoms with Crippen LogP contribution >= 0.6 is 0 Å². The number of aromatic nitrogens is 1. The molecule has 0 bridgehead atoms. The molecule has 1 aromatic heterocycles. The molecule has 0 unspecified atom stereocenters. The fourth-order valence-electron chi connectivity index (χ4n) is 4.42. The van der Waals surface area contributed by atoms with Crippen molar-refractivity contribution in [2.45, 2.75) is 53.8 Å². The summed E-state index contributed by atoms with van der Waals surface area (Å²) in [6.45, 7) is 10.2.